The second kappa shape index (κ2) is 3.55. The maximum atomic E-state index is 10.7. The third kappa shape index (κ3) is 1.93. The molecule has 0 spiro atoms. The van der Waals surface area contributed by atoms with E-state index in [1.165, 1.54) is 0 Å². The Balaban J connectivity index is 2.23. The highest BCUT2D eigenvalue weighted by molar-refractivity contribution is 9.10. The van der Waals surface area contributed by atoms with E-state index in [0.29, 0.717) is 5.02 Å². The molecular formula is C10H8BrClO2. The van der Waals surface area contributed by atoms with Gasteiger partial charge in [0.15, 0.2) is 0 Å². The van der Waals surface area contributed by atoms with Crippen molar-refractivity contribution in [3.63, 3.8) is 0 Å². The molecule has 0 unspecified atom stereocenters. The minimum atomic E-state index is -0.717. The molecule has 2 rings (SSSR count). The second-order valence-corrected chi connectivity index (χ2v) is 4.84. The van der Waals surface area contributed by atoms with Gasteiger partial charge in [-0.3, -0.25) is 4.79 Å². The van der Waals surface area contributed by atoms with E-state index in [9.17, 15) is 4.79 Å². The van der Waals surface area contributed by atoms with Crippen LogP contribution in [0.1, 0.15) is 17.9 Å². The number of carbonyl (C=O) groups is 1. The van der Waals surface area contributed by atoms with E-state index in [1.54, 1.807) is 6.07 Å². The summed E-state index contributed by atoms with van der Waals surface area (Å²) in [4.78, 5) is 10.7. The fourth-order valence-electron chi connectivity index (χ4n) is 1.63. The maximum Gasteiger partial charge on any atom is 0.307 e. The van der Waals surface area contributed by atoms with Crippen LogP contribution in [0.5, 0.6) is 0 Å². The molecule has 1 aliphatic rings. The lowest BCUT2D eigenvalue weighted by atomic mass is 10.1. The molecule has 1 aromatic rings. The summed E-state index contributed by atoms with van der Waals surface area (Å²) in [5, 5.41) is 9.42. The number of rotatable bonds is 2. The Hall–Kier alpha value is -0.540. The van der Waals surface area contributed by atoms with Gasteiger partial charge in [0.25, 0.3) is 0 Å². The molecule has 1 aromatic carbocycles. The van der Waals surface area contributed by atoms with Gasteiger partial charge in [0, 0.05) is 9.50 Å². The van der Waals surface area contributed by atoms with Gasteiger partial charge in [0.05, 0.1) is 5.92 Å². The fraction of sp³-hybridized carbons (Fsp3) is 0.300. The summed E-state index contributed by atoms with van der Waals surface area (Å²) in [7, 11) is 0. The van der Waals surface area contributed by atoms with Gasteiger partial charge in [-0.1, -0.05) is 27.5 Å². The van der Waals surface area contributed by atoms with Gasteiger partial charge in [0.2, 0.25) is 0 Å². The van der Waals surface area contributed by atoms with Crippen molar-refractivity contribution >= 4 is 33.5 Å². The molecular weight excluding hydrogens is 267 g/mol. The number of hydrogen-bond donors (Lipinski definition) is 1. The van der Waals surface area contributed by atoms with E-state index in [-0.39, 0.29) is 11.8 Å². The quantitative estimate of drug-likeness (QED) is 0.899. The Kier molecular flexibility index (Phi) is 2.54. The second-order valence-electron chi connectivity index (χ2n) is 3.49. The Labute approximate surface area is 95.0 Å². The molecule has 0 saturated heterocycles. The monoisotopic (exact) mass is 274 g/mol. The van der Waals surface area contributed by atoms with E-state index in [1.807, 2.05) is 12.1 Å². The predicted molar refractivity (Wildman–Crippen MR) is 57.6 cm³/mol. The van der Waals surface area contributed by atoms with Crippen LogP contribution >= 0.6 is 27.5 Å². The fourth-order valence-corrected chi connectivity index (χ4v) is 2.51. The van der Waals surface area contributed by atoms with Gasteiger partial charge in [-0.05, 0) is 36.1 Å². The van der Waals surface area contributed by atoms with Gasteiger partial charge >= 0.3 is 5.97 Å². The molecule has 2 nitrogen and oxygen atoms in total. The van der Waals surface area contributed by atoms with E-state index in [0.717, 1.165) is 16.5 Å². The highest BCUT2D eigenvalue weighted by Crippen LogP contribution is 2.48. The summed E-state index contributed by atoms with van der Waals surface area (Å²) in [5.74, 6) is -0.797. The lowest BCUT2D eigenvalue weighted by molar-refractivity contribution is -0.138. The summed E-state index contributed by atoms with van der Waals surface area (Å²) in [6, 6.07) is 5.56. The zero-order chi connectivity index (χ0) is 10.3. The number of hydrogen-bond acceptors (Lipinski definition) is 1. The van der Waals surface area contributed by atoms with Crippen molar-refractivity contribution in [2.45, 2.75) is 12.3 Å². The van der Waals surface area contributed by atoms with Crippen molar-refractivity contribution in [1.82, 2.24) is 0 Å². The normalized spacial score (nSPS) is 24.7. The van der Waals surface area contributed by atoms with Crippen LogP contribution in [0.15, 0.2) is 22.7 Å². The van der Waals surface area contributed by atoms with E-state index < -0.39 is 5.97 Å². The summed E-state index contributed by atoms with van der Waals surface area (Å²) in [6.07, 6.45) is 0.724. The first kappa shape index (κ1) is 9.99. The zero-order valence-corrected chi connectivity index (χ0v) is 9.55. The van der Waals surface area contributed by atoms with Crippen molar-refractivity contribution in [1.29, 1.82) is 0 Å². The molecule has 2 atom stereocenters. The molecule has 0 heterocycles. The number of carboxylic acids is 1. The summed E-state index contributed by atoms with van der Waals surface area (Å²) >= 11 is 9.21. The van der Waals surface area contributed by atoms with Crippen LogP contribution in [0.4, 0.5) is 0 Å². The Morgan fingerprint density at radius 2 is 2.21 bits per heavy atom. The van der Waals surface area contributed by atoms with E-state index in [2.05, 4.69) is 15.9 Å². The van der Waals surface area contributed by atoms with Crippen LogP contribution in [0.3, 0.4) is 0 Å². The van der Waals surface area contributed by atoms with Gasteiger partial charge in [-0.15, -0.1) is 0 Å². The Morgan fingerprint density at radius 3 is 2.71 bits per heavy atom. The lowest BCUT2D eigenvalue weighted by Gasteiger charge is -2.00. The number of halogens is 2. The Morgan fingerprint density at radius 1 is 1.50 bits per heavy atom. The number of benzene rings is 1. The first-order chi connectivity index (χ1) is 6.58. The van der Waals surface area contributed by atoms with Crippen molar-refractivity contribution in [3.05, 3.63) is 33.3 Å². The molecule has 14 heavy (non-hydrogen) atoms. The number of carboxylic acid groups (broad SMARTS) is 1. The third-order valence-corrected chi connectivity index (χ3v) is 3.10. The molecule has 1 fully saturated rings. The minimum Gasteiger partial charge on any atom is -0.481 e. The lowest BCUT2D eigenvalue weighted by Crippen LogP contribution is -1.98. The molecule has 0 aromatic heterocycles. The molecule has 0 aliphatic heterocycles. The van der Waals surface area contributed by atoms with E-state index >= 15 is 0 Å². The highest BCUT2D eigenvalue weighted by Gasteiger charge is 2.44. The Bertz CT molecular complexity index is 371. The average molecular weight is 276 g/mol. The summed E-state index contributed by atoms with van der Waals surface area (Å²) in [5.41, 5.74) is 1.01. The van der Waals surface area contributed by atoms with Gasteiger partial charge in [-0.25, -0.2) is 0 Å². The number of aliphatic carboxylic acids is 1. The van der Waals surface area contributed by atoms with Crippen molar-refractivity contribution in [3.8, 4) is 0 Å². The van der Waals surface area contributed by atoms with Crippen molar-refractivity contribution in [2.24, 2.45) is 5.92 Å². The molecule has 4 heteroatoms. The average Bonchev–Trinajstić information content (AvgIpc) is 2.79. The molecule has 74 valence electrons. The summed E-state index contributed by atoms with van der Waals surface area (Å²) in [6.45, 7) is 0. The molecule has 0 radical (unpaired) electrons. The third-order valence-electron chi connectivity index (χ3n) is 2.42. The van der Waals surface area contributed by atoms with Gasteiger partial charge in [-0.2, -0.15) is 0 Å². The maximum absolute atomic E-state index is 10.7. The topological polar surface area (TPSA) is 37.3 Å². The first-order valence-corrected chi connectivity index (χ1v) is 5.44. The van der Waals surface area contributed by atoms with Crippen LogP contribution < -0.4 is 0 Å². The zero-order valence-electron chi connectivity index (χ0n) is 7.21. The van der Waals surface area contributed by atoms with Crippen LogP contribution in [0, 0.1) is 5.92 Å². The van der Waals surface area contributed by atoms with Gasteiger partial charge in [0.1, 0.15) is 0 Å². The van der Waals surface area contributed by atoms with Crippen molar-refractivity contribution < 1.29 is 9.90 Å². The standard InChI is InChI=1S/C10H8BrClO2/c11-6-1-5(2-7(12)3-6)8-4-9(8)10(13)14/h1-3,8-9H,4H2,(H,13,14)/t8-,9+/m0/s1. The first-order valence-electron chi connectivity index (χ1n) is 4.26. The smallest absolute Gasteiger partial charge is 0.307 e. The molecule has 1 aliphatic carbocycles. The van der Waals surface area contributed by atoms with Crippen LogP contribution in [0.25, 0.3) is 0 Å². The van der Waals surface area contributed by atoms with Crippen LogP contribution in [-0.4, -0.2) is 11.1 Å². The predicted octanol–water partition coefficient (Wildman–Crippen LogP) is 3.29. The largest absolute Gasteiger partial charge is 0.481 e. The SMILES string of the molecule is O=C(O)[C@@H]1C[C@H]1c1cc(Cl)cc(Br)c1. The van der Waals surface area contributed by atoms with Gasteiger partial charge < -0.3 is 5.11 Å². The minimum absolute atomic E-state index is 0.141. The molecule has 0 amide bonds. The molecule has 1 saturated carbocycles. The van der Waals surface area contributed by atoms with Crippen molar-refractivity contribution in [2.75, 3.05) is 0 Å². The molecule has 0 bridgehead atoms. The van der Waals surface area contributed by atoms with Crippen LogP contribution in [-0.2, 0) is 4.79 Å². The highest BCUT2D eigenvalue weighted by atomic mass is 79.9. The van der Waals surface area contributed by atoms with Crippen LogP contribution in [0.2, 0.25) is 5.02 Å². The molecule has 1 N–H and O–H groups in total. The van der Waals surface area contributed by atoms with E-state index in [4.69, 9.17) is 16.7 Å². The summed E-state index contributed by atoms with van der Waals surface area (Å²) < 4.78 is 0.899.